The van der Waals surface area contributed by atoms with Gasteiger partial charge >= 0.3 is 0 Å². The summed E-state index contributed by atoms with van der Waals surface area (Å²) in [5.74, 6) is 0.597. The Hall–Kier alpha value is -1.80. The summed E-state index contributed by atoms with van der Waals surface area (Å²) in [4.78, 5) is 10.4. The molecule has 0 aliphatic carbocycles. The number of H-pyrrole nitrogens is 1. The Balaban J connectivity index is 2.22. The monoisotopic (exact) mass is 315 g/mol. The number of rotatable bonds is 6. The average Bonchev–Trinajstić information content (AvgIpc) is 2.89. The highest BCUT2D eigenvalue weighted by molar-refractivity contribution is 7.92. The van der Waals surface area contributed by atoms with Crippen LogP contribution in [-0.2, 0) is 10.0 Å². The zero-order valence-corrected chi connectivity index (χ0v) is 12.3. The number of halogens is 1. The molecule has 0 amide bonds. The molecule has 0 aromatic carbocycles. The highest BCUT2D eigenvalue weighted by Crippen LogP contribution is 2.23. The third kappa shape index (κ3) is 3.40. The zero-order valence-electron chi connectivity index (χ0n) is 10.7. The van der Waals surface area contributed by atoms with Crippen LogP contribution in [0.3, 0.4) is 0 Å². The Morgan fingerprint density at radius 1 is 1.40 bits per heavy atom. The van der Waals surface area contributed by atoms with Crippen LogP contribution in [0.15, 0.2) is 29.6 Å². The second-order valence-electron chi connectivity index (χ2n) is 3.97. The molecular formula is C11H14ClN5O2S. The van der Waals surface area contributed by atoms with E-state index < -0.39 is 10.0 Å². The van der Waals surface area contributed by atoms with Gasteiger partial charge in [-0.3, -0.25) is 0 Å². The van der Waals surface area contributed by atoms with Crippen molar-refractivity contribution >= 4 is 33.4 Å². The van der Waals surface area contributed by atoms with E-state index in [2.05, 4.69) is 25.0 Å². The van der Waals surface area contributed by atoms with Gasteiger partial charge in [0.25, 0.3) is 10.0 Å². The Bertz CT molecular complexity index is 672. The molecule has 0 saturated heterocycles. The lowest BCUT2D eigenvalue weighted by molar-refractivity contribution is 0.600. The highest BCUT2D eigenvalue weighted by Gasteiger charge is 2.17. The van der Waals surface area contributed by atoms with Crippen molar-refractivity contribution in [2.24, 2.45) is 0 Å². The van der Waals surface area contributed by atoms with Gasteiger partial charge in [-0.1, -0.05) is 18.5 Å². The minimum absolute atomic E-state index is 0.0269. The third-order valence-electron chi connectivity index (χ3n) is 2.40. The quantitative estimate of drug-likeness (QED) is 0.758. The van der Waals surface area contributed by atoms with Crippen molar-refractivity contribution in [1.82, 2.24) is 15.0 Å². The number of nitrogens with zero attached hydrogens (tertiary/aromatic N) is 2. The second-order valence-corrected chi connectivity index (χ2v) is 6.06. The fourth-order valence-corrected chi connectivity index (χ4v) is 2.69. The van der Waals surface area contributed by atoms with E-state index in [9.17, 15) is 8.42 Å². The molecule has 2 rings (SSSR count). The Kier molecular flexibility index (Phi) is 4.46. The van der Waals surface area contributed by atoms with Crippen LogP contribution in [0.4, 0.5) is 11.8 Å². The van der Waals surface area contributed by atoms with Gasteiger partial charge in [-0.05, 0) is 12.5 Å². The topological polar surface area (TPSA) is 99.8 Å². The maximum atomic E-state index is 12.1. The molecule has 108 valence electrons. The van der Waals surface area contributed by atoms with E-state index in [4.69, 9.17) is 11.6 Å². The lowest BCUT2D eigenvalue weighted by Gasteiger charge is -2.09. The van der Waals surface area contributed by atoms with Crippen molar-refractivity contribution in [1.29, 1.82) is 0 Å². The first kappa shape index (κ1) is 14.6. The van der Waals surface area contributed by atoms with Crippen LogP contribution in [-0.4, -0.2) is 29.9 Å². The maximum Gasteiger partial charge on any atom is 0.265 e. The summed E-state index contributed by atoms with van der Waals surface area (Å²) in [5, 5.41) is 3.26. The van der Waals surface area contributed by atoms with Gasteiger partial charge in [-0.2, -0.15) is 0 Å². The number of hydrogen-bond acceptors (Lipinski definition) is 5. The van der Waals surface area contributed by atoms with E-state index in [1.165, 1.54) is 24.7 Å². The molecule has 0 aliphatic rings. The van der Waals surface area contributed by atoms with Crippen molar-refractivity contribution in [2.75, 3.05) is 16.6 Å². The van der Waals surface area contributed by atoms with Crippen molar-refractivity contribution < 1.29 is 8.42 Å². The van der Waals surface area contributed by atoms with Crippen LogP contribution in [0.25, 0.3) is 0 Å². The van der Waals surface area contributed by atoms with Crippen LogP contribution >= 0.6 is 11.6 Å². The molecule has 0 atom stereocenters. The number of sulfonamides is 1. The first-order valence-corrected chi connectivity index (χ1v) is 7.80. The summed E-state index contributed by atoms with van der Waals surface area (Å²) >= 11 is 6.01. The molecule has 0 spiro atoms. The number of aromatic nitrogens is 3. The van der Waals surface area contributed by atoms with Gasteiger partial charge in [0.2, 0.25) is 5.95 Å². The minimum Gasteiger partial charge on any atom is -0.369 e. The molecule has 2 aromatic rings. The highest BCUT2D eigenvalue weighted by atomic mass is 35.5. The van der Waals surface area contributed by atoms with Crippen LogP contribution in [0.2, 0.25) is 5.02 Å². The fraction of sp³-hybridized carbons (Fsp3) is 0.273. The van der Waals surface area contributed by atoms with Crippen molar-refractivity contribution in [3.8, 4) is 0 Å². The van der Waals surface area contributed by atoms with E-state index >= 15 is 0 Å². The number of anilines is 2. The summed E-state index contributed by atoms with van der Waals surface area (Å²) < 4.78 is 26.5. The van der Waals surface area contributed by atoms with Gasteiger partial charge in [0.1, 0.15) is 10.7 Å². The Morgan fingerprint density at radius 3 is 2.80 bits per heavy atom. The zero-order chi connectivity index (χ0) is 14.6. The van der Waals surface area contributed by atoms with E-state index in [-0.39, 0.29) is 15.9 Å². The predicted octanol–water partition coefficient (Wildman–Crippen LogP) is 2.08. The lowest BCUT2D eigenvalue weighted by atomic mass is 10.4. The molecule has 0 fully saturated rings. The molecule has 20 heavy (non-hydrogen) atoms. The molecule has 0 unspecified atom stereocenters. The second kappa shape index (κ2) is 6.10. The molecule has 0 saturated carbocycles. The molecule has 9 heteroatoms. The maximum absolute atomic E-state index is 12.1. The molecule has 3 N–H and O–H groups in total. The SMILES string of the molecule is CCCNc1ncc(S(=O)(=O)Nc2ncc[nH]2)cc1Cl. The normalized spacial score (nSPS) is 11.3. The van der Waals surface area contributed by atoms with Gasteiger partial charge in [0.15, 0.2) is 0 Å². The number of nitrogens with one attached hydrogen (secondary N) is 3. The smallest absolute Gasteiger partial charge is 0.265 e. The standard InChI is InChI=1S/C11H14ClN5O2S/c1-2-3-13-10-9(12)6-8(7-16-10)20(18,19)17-11-14-4-5-15-11/h4-7H,2-3H2,1H3,(H,13,16)(H2,14,15,17). The van der Waals surface area contributed by atoms with Crippen LogP contribution in [0, 0.1) is 0 Å². The van der Waals surface area contributed by atoms with Gasteiger partial charge < -0.3 is 10.3 Å². The van der Waals surface area contributed by atoms with Crippen molar-refractivity contribution in [3.05, 3.63) is 29.7 Å². The van der Waals surface area contributed by atoms with E-state index in [0.29, 0.717) is 12.4 Å². The fourth-order valence-electron chi connectivity index (χ4n) is 1.45. The Morgan fingerprint density at radius 2 is 2.20 bits per heavy atom. The van der Waals surface area contributed by atoms with E-state index in [1.807, 2.05) is 6.92 Å². The summed E-state index contributed by atoms with van der Waals surface area (Å²) in [6.45, 7) is 2.72. The first-order chi connectivity index (χ1) is 9.53. The van der Waals surface area contributed by atoms with Gasteiger partial charge in [0, 0.05) is 25.1 Å². The lowest BCUT2D eigenvalue weighted by Crippen LogP contribution is -2.14. The molecule has 7 nitrogen and oxygen atoms in total. The van der Waals surface area contributed by atoms with Crippen LogP contribution < -0.4 is 10.0 Å². The number of pyridine rings is 1. The number of imidazole rings is 1. The largest absolute Gasteiger partial charge is 0.369 e. The molecule has 0 aliphatic heterocycles. The van der Waals surface area contributed by atoms with Gasteiger partial charge in [-0.15, -0.1) is 0 Å². The molecular weight excluding hydrogens is 302 g/mol. The number of aromatic amines is 1. The van der Waals surface area contributed by atoms with Crippen molar-refractivity contribution in [2.45, 2.75) is 18.2 Å². The molecule has 0 radical (unpaired) electrons. The summed E-state index contributed by atoms with van der Waals surface area (Å²) in [5.41, 5.74) is 0. The third-order valence-corrected chi connectivity index (χ3v) is 3.99. The molecule has 2 heterocycles. The van der Waals surface area contributed by atoms with Crippen LogP contribution in [0.5, 0.6) is 0 Å². The van der Waals surface area contributed by atoms with Gasteiger partial charge in [-0.25, -0.2) is 23.1 Å². The number of hydrogen-bond donors (Lipinski definition) is 3. The average molecular weight is 316 g/mol. The molecule has 2 aromatic heterocycles. The summed E-state index contributed by atoms with van der Waals surface area (Å²) in [7, 11) is -3.76. The van der Waals surface area contributed by atoms with Gasteiger partial charge in [0.05, 0.1) is 5.02 Å². The summed E-state index contributed by atoms with van der Waals surface area (Å²) in [6.07, 6.45) is 5.12. The Labute approximate surface area is 121 Å². The molecule has 0 bridgehead atoms. The summed E-state index contributed by atoms with van der Waals surface area (Å²) in [6, 6.07) is 1.35. The van der Waals surface area contributed by atoms with Crippen LogP contribution in [0.1, 0.15) is 13.3 Å². The van der Waals surface area contributed by atoms with E-state index in [0.717, 1.165) is 6.42 Å². The minimum atomic E-state index is -3.76. The van der Waals surface area contributed by atoms with Crippen molar-refractivity contribution in [3.63, 3.8) is 0 Å². The predicted molar refractivity (Wildman–Crippen MR) is 77.4 cm³/mol. The van der Waals surface area contributed by atoms with E-state index in [1.54, 1.807) is 0 Å². The first-order valence-electron chi connectivity index (χ1n) is 5.94.